The van der Waals surface area contributed by atoms with Gasteiger partial charge in [-0.25, -0.2) is 0 Å². The van der Waals surface area contributed by atoms with Gasteiger partial charge in [-0.1, -0.05) is 30.3 Å². The van der Waals surface area contributed by atoms with Gasteiger partial charge in [0.2, 0.25) is 0 Å². The zero-order valence-corrected chi connectivity index (χ0v) is 10.1. The first-order valence-corrected chi connectivity index (χ1v) is 5.75. The fraction of sp³-hybridized carbons (Fsp3) is 0.133. The van der Waals surface area contributed by atoms with Crippen molar-refractivity contribution in [3.05, 3.63) is 65.7 Å². The summed E-state index contributed by atoms with van der Waals surface area (Å²) in [6, 6.07) is 19.2. The molecule has 0 heterocycles. The highest BCUT2D eigenvalue weighted by molar-refractivity contribution is 5.42. The predicted molar refractivity (Wildman–Crippen MR) is 70.5 cm³/mol. The molecule has 88 valence electrons. The highest BCUT2D eigenvalue weighted by Crippen LogP contribution is 2.20. The molecule has 0 N–H and O–H groups in total. The van der Waals surface area contributed by atoms with E-state index >= 15 is 0 Å². The van der Waals surface area contributed by atoms with E-state index in [9.17, 15) is 0 Å². The van der Waals surface area contributed by atoms with Gasteiger partial charge in [-0.05, 0) is 36.8 Å². The SMILES string of the molecule is CC(N=Nc1ccc(C#N)cc1)c1ccccc1. The summed E-state index contributed by atoms with van der Waals surface area (Å²) in [7, 11) is 0. The van der Waals surface area contributed by atoms with Crippen LogP contribution in [0.4, 0.5) is 5.69 Å². The van der Waals surface area contributed by atoms with E-state index in [2.05, 4.69) is 16.3 Å². The lowest BCUT2D eigenvalue weighted by Gasteiger charge is -2.04. The average Bonchev–Trinajstić information content (AvgIpc) is 2.46. The minimum absolute atomic E-state index is 0.0295. The van der Waals surface area contributed by atoms with Crippen LogP contribution in [0, 0.1) is 11.3 Å². The van der Waals surface area contributed by atoms with Crippen LogP contribution in [0.5, 0.6) is 0 Å². The Hall–Kier alpha value is -2.47. The molecule has 2 rings (SSSR count). The number of azo groups is 1. The van der Waals surface area contributed by atoms with E-state index in [1.807, 2.05) is 37.3 Å². The molecule has 0 fully saturated rings. The van der Waals surface area contributed by atoms with Crippen molar-refractivity contribution >= 4 is 5.69 Å². The summed E-state index contributed by atoms with van der Waals surface area (Å²) >= 11 is 0. The van der Waals surface area contributed by atoms with Crippen LogP contribution >= 0.6 is 0 Å². The Kier molecular flexibility index (Phi) is 3.83. The Bertz CT molecular complexity index is 565. The fourth-order valence-corrected chi connectivity index (χ4v) is 1.55. The fourth-order valence-electron chi connectivity index (χ4n) is 1.55. The van der Waals surface area contributed by atoms with E-state index in [4.69, 9.17) is 5.26 Å². The molecule has 0 saturated heterocycles. The van der Waals surface area contributed by atoms with Crippen LogP contribution in [0.15, 0.2) is 64.8 Å². The molecule has 0 spiro atoms. The van der Waals surface area contributed by atoms with Gasteiger partial charge >= 0.3 is 0 Å². The van der Waals surface area contributed by atoms with Crippen LogP contribution in [0.1, 0.15) is 24.1 Å². The van der Waals surface area contributed by atoms with Gasteiger partial charge in [0.1, 0.15) is 0 Å². The molecule has 18 heavy (non-hydrogen) atoms. The van der Waals surface area contributed by atoms with Gasteiger partial charge in [0.25, 0.3) is 0 Å². The minimum Gasteiger partial charge on any atom is -0.192 e. The summed E-state index contributed by atoms with van der Waals surface area (Å²) in [5.74, 6) is 0. The van der Waals surface area contributed by atoms with Gasteiger partial charge < -0.3 is 0 Å². The van der Waals surface area contributed by atoms with E-state index in [1.54, 1.807) is 24.3 Å². The van der Waals surface area contributed by atoms with Crippen molar-refractivity contribution < 1.29 is 0 Å². The summed E-state index contributed by atoms with van der Waals surface area (Å²) in [5, 5.41) is 17.1. The summed E-state index contributed by atoms with van der Waals surface area (Å²) < 4.78 is 0. The summed E-state index contributed by atoms with van der Waals surface area (Å²) in [4.78, 5) is 0. The number of hydrogen-bond donors (Lipinski definition) is 0. The molecule has 1 unspecified atom stereocenters. The van der Waals surface area contributed by atoms with E-state index in [1.165, 1.54) is 0 Å². The van der Waals surface area contributed by atoms with Gasteiger partial charge in [-0.15, -0.1) is 0 Å². The third-order valence-corrected chi connectivity index (χ3v) is 2.62. The molecule has 3 nitrogen and oxygen atoms in total. The Morgan fingerprint density at radius 2 is 1.67 bits per heavy atom. The van der Waals surface area contributed by atoms with Crippen LogP contribution in [0.3, 0.4) is 0 Å². The third-order valence-electron chi connectivity index (χ3n) is 2.62. The highest BCUT2D eigenvalue weighted by Gasteiger charge is 2.01. The third kappa shape index (κ3) is 3.02. The lowest BCUT2D eigenvalue weighted by atomic mass is 10.1. The molecule has 0 aliphatic carbocycles. The maximum atomic E-state index is 8.69. The molecule has 0 aromatic heterocycles. The van der Waals surface area contributed by atoms with Crippen LogP contribution in [0.2, 0.25) is 0 Å². The predicted octanol–water partition coefficient (Wildman–Crippen LogP) is 4.40. The van der Waals surface area contributed by atoms with Gasteiger partial charge in [0.15, 0.2) is 0 Å². The van der Waals surface area contributed by atoms with Crippen LogP contribution in [0.25, 0.3) is 0 Å². The standard InChI is InChI=1S/C15H13N3/c1-12(14-5-3-2-4-6-14)17-18-15-9-7-13(11-16)8-10-15/h2-10,12H,1H3. The largest absolute Gasteiger partial charge is 0.192 e. The monoisotopic (exact) mass is 235 g/mol. The molecule has 0 aliphatic heterocycles. The summed E-state index contributed by atoms with van der Waals surface area (Å²) in [6.07, 6.45) is 0. The molecule has 1 atom stereocenters. The van der Waals surface area contributed by atoms with Crippen molar-refractivity contribution in [3.8, 4) is 6.07 Å². The summed E-state index contributed by atoms with van der Waals surface area (Å²) in [6.45, 7) is 2.00. The van der Waals surface area contributed by atoms with E-state index < -0.39 is 0 Å². The number of nitrogens with zero attached hydrogens (tertiary/aromatic N) is 3. The zero-order valence-electron chi connectivity index (χ0n) is 10.1. The number of benzene rings is 2. The smallest absolute Gasteiger partial charge is 0.0991 e. The second kappa shape index (κ2) is 5.74. The molecule has 0 bridgehead atoms. The Morgan fingerprint density at radius 3 is 2.28 bits per heavy atom. The van der Waals surface area contributed by atoms with Gasteiger partial charge in [-0.2, -0.15) is 15.5 Å². The molecule has 0 aliphatic rings. The van der Waals surface area contributed by atoms with Gasteiger partial charge in [0, 0.05) is 0 Å². The minimum atomic E-state index is 0.0295. The Balaban J connectivity index is 2.09. The first-order chi connectivity index (χ1) is 8.79. The first-order valence-electron chi connectivity index (χ1n) is 5.75. The van der Waals surface area contributed by atoms with Crippen molar-refractivity contribution in [3.63, 3.8) is 0 Å². The molecule has 3 heteroatoms. The van der Waals surface area contributed by atoms with Crippen molar-refractivity contribution in [1.82, 2.24) is 0 Å². The lowest BCUT2D eigenvalue weighted by molar-refractivity contribution is 0.764. The second-order valence-corrected chi connectivity index (χ2v) is 3.96. The topological polar surface area (TPSA) is 48.5 Å². The van der Waals surface area contributed by atoms with Gasteiger partial charge in [0.05, 0.1) is 23.4 Å². The quantitative estimate of drug-likeness (QED) is 0.727. The molecular weight excluding hydrogens is 222 g/mol. The zero-order chi connectivity index (χ0) is 12.8. The Labute approximate surface area is 106 Å². The number of nitriles is 1. The summed E-state index contributed by atoms with van der Waals surface area (Å²) in [5.41, 5.74) is 2.52. The molecule has 2 aromatic rings. The number of rotatable bonds is 3. The van der Waals surface area contributed by atoms with E-state index in [-0.39, 0.29) is 6.04 Å². The van der Waals surface area contributed by atoms with Crippen LogP contribution < -0.4 is 0 Å². The molecule has 0 radical (unpaired) electrons. The molecule has 0 saturated carbocycles. The highest BCUT2D eigenvalue weighted by atomic mass is 15.1. The van der Waals surface area contributed by atoms with E-state index in [0.717, 1.165) is 11.3 Å². The number of hydrogen-bond acceptors (Lipinski definition) is 3. The molecule has 0 amide bonds. The lowest BCUT2D eigenvalue weighted by Crippen LogP contribution is -1.86. The van der Waals surface area contributed by atoms with Crippen molar-refractivity contribution in [2.24, 2.45) is 10.2 Å². The molecular formula is C15H13N3. The molecule has 2 aromatic carbocycles. The first kappa shape index (κ1) is 12.0. The second-order valence-electron chi connectivity index (χ2n) is 3.96. The maximum absolute atomic E-state index is 8.69. The average molecular weight is 235 g/mol. The maximum Gasteiger partial charge on any atom is 0.0991 e. The Morgan fingerprint density at radius 1 is 1.00 bits per heavy atom. The van der Waals surface area contributed by atoms with Crippen LogP contribution in [-0.4, -0.2) is 0 Å². The van der Waals surface area contributed by atoms with Gasteiger partial charge in [-0.3, -0.25) is 0 Å². The van der Waals surface area contributed by atoms with E-state index in [0.29, 0.717) is 5.56 Å². The van der Waals surface area contributed by atoms with Crippen molar-refractivity contribution in [2.75, 3.05) is 0 Å². The van der Waals surface area contributed by atoms with Crippen LogP contribution in [-0.2, 0) is 0 Å². The normalized spacial score (nSPS) is 12.2. The van der Waals surface area contributed by atoms with Crippen molar-refractivity contribution in [1.29, 1.82) is 5.26 Å². The van der Waals surface area contributed by atoms with Crippen molar-refractivity contribution in [2.45, 2.75) is 13.0 Å².